The van der Waals surface area contributed by atoms with Crippen molar-refractivity contribution in [2.24, 2.45) is 5.92 Å². The van der Waals surface area contributed by atoms with Gasteiger partial charge < -0.3 is 19.3 Å². The zero-order chi connectivity index (χ0) is 18.0. The number of benzene rings is 1. The van der Waals surface area contributed by atoms with Crippen LogP contribution in [-0.4, -0.2) is 54.6 Å². The first kappa shape index (κ1) is 17.6. The number of ether oxygens (including phenoxy) is 2. The highest BCUT2D eigenvalue weighted by molar-refractivity contribution is 5.81. The molecule has 0 atom stereocenters. The van der Waals surface area contributed by atoms with E-state index in [0.29, 0.717) is 25.3 Å². The minimum Gasteiger partial charge on any atom is -0.454 e. The molecular formula is C19H26N2O4. The van der Waals surface area contributed by atoms with E-state index in [9.17, 15) is 9.59 Å². The molecule has 0 radical (unpaired) electrons. The van der Waals surface area contributed by atoms with Crippen molar-refractivity contribution in [1.82, 2.24) is 9.80 Å². The second-order valence-electron chi connectivity index (χ2n) is 7.06. The van der Waals surface area contributed by atoms with Crippen LogP contribution >= 0.6 is 0 Å². The molecule has 0 unspecified atom stereocenters. The second kappa shape index (κ2) is 7.33. The van der Waals surface area contributed by atoms with Crippen LogP contribution in [0.1, 0.15) is 32.3 Å². The van der Waals surface area contributed by atoms with E-state index in [1.165, 1.54) is 0 Å². The minimum absolute atomic E-state index is 0.0296. The third kappa shape index (κ3) is 3.89. The number of hydrogen-bond donors (Lipinski definition) is 0. The number of piperidine rings is 1. The summed E-state index contributed by atoms with van der Waals surface area (Å²) in [7, 11) is 1.85. The Hall–Kier alpha value is -2.24. The van der Waals surface area contributed by atoms with E-state index in [4.69, 9.17) is 9.47 Å². The summed E-state index contributed by atoms with van der Waals surface area (Å²) in [5.41, 5.74) is 0.923. The average molecular weight is 346 g/mol. The summed E-state index contributed by atoms with van der Waals surface area (Å²) in [4.78, 5) is 28.6. The largest absolute Gasteiger partial charge is 0.454 e. The fraction of sp³-hybridized carbons (Fsp3) is 0.579. The Morgan fingerprint density at radius 3 is 2.56 bits per heavy atom. The Kier molecular flexibility index (Phi) is 5.16. The first-order valence-electron chi connectivity index (χ1n) is 8.88. The maximum Gasteiger partial charge on any atom is 0.231 e. The van der Waals surface area contributed by atoms with Gasteiger partial charge in [0.2, 0.25) is 18.6 Å². The maximum atomic E-state index is 12.5. The van der Waals surface area contributed by atoms with Crippen LogP contribution < -0.4 is 9.47 Å². The molecule has 2 heterocycles. The van der Waals surface area contributed by atoms with Crippen molar-refractivity contribution in [2.75, 3.05) is 26.9 Å². The normalized spacial score (nSPS) is 17.0. The van der Waals surface area contributed by atoms with Crippen molar-refractivity contribution in [3.63, 3.8) is 0 Å². The zero-order valence-corrected chi connectivity index (χ0v) is 15.2. The molecule has 2 aliphatic rings. The number of rotatable bonds is 4. The molecule has 1 saturated heterocycles. The third-order valence-electron chi connectivity index (χ3n) is 5.11. The van der Waals surface area contributed by atoms with Gasteiger partial charge in [-0.1, -0.05) is 6.07 Å². The molecule has 2 aliphatic heterocycles. The van der Waals surface area contributed by atoms with E-state index < -0.39 is 0 Å². The van der Waals surface area contributed by atoms with Gasteiger partial charge in [0, 0.05) is 32.1 Å². The smallest absolute Gasteiger partial charge is 0.231 e. The standard InChI is InChI=1S/C19H26N2O4/c1-13(2)20(3)19(23)15-6-8-21(9-7-15)18(22)11-14-4-5-16-17(10-14)25-12-24-16/h4-5,10,13,15H,6-9,11-12H2,1-3H3. The van der Waals surface area contributed by atoms with Gasteiger partial charge in [-0.05, 0) is 44.4 Å². The van der Waals surface area contributed by atoms with Gasteiger partial charge in [-0.3, -0.25) is 9.59 Å². The van der Waals surface area contributed by atoms with Crippen LogP contribution in [0.15, 0.2) is 18.2 Å². The average Bonchev–Trinajstić information content (AvgIpc) is 3.08. The number of hydrogen-bond acceptors (Lipinski definition) is 4. The van der Waals surface area contributed by atoms with Gasteiger partial charge in [0.1, 0.15) is 0 Å². The van der Waals surface area contributed by atoms with Gasteiger partial charge in [-0.25, -0.2) is 0 Å². The van der Waals surface area contributed by atoms with Crippen LogP contribution in [-0.2, 0) is 16.0 Å². The molecule has 25 heavy (non-hydrogen) atoms. The summed E-state index contributed by atoms with van der Waals surface area (Å²) in [5, 5.41) is 0. The molecule has 3 rings (SSSR count). The number of fused-ring (bicyclic) bond motifs is 1. The maximum absolute atomic E-state index is 12.5. The van der Waals surface area contributed by atoms with Crippen LogP contribution in [0.25, 0.3) is 0 Å². The number of nitrogens with zero attached hydrogens (tertiary/aromatic N) is 2. The quantitative estimate of drug-likeness (QED) is 0.837. The number of carbonyl (C=O) groups is 2. The van der Waals surface area contributed by atoms with Gasteiger partial charge >= 0.3 is 0 Å². The van der Waals surface area contributed by atoms with Crippen molar-refractivity contribution in [3.05, 3.63) is 23.8 Å². The predicted octanol–water partition coefficient (Wildman–Crippen LogP) is 2.06. The van der Waals surface area contributed by atoms with E-state index in [2.05, 4.69) is 0 Å². The summed E-state index contributed by atoms with van der Waals surface area (Å²) in [6.45, 7) is 5.56. The molecule has 0 bridgehead atoms. The van der Waals surface area contributed by atoms with E-state index in [-0.39, 0.29) is 30.6 Å². The predicted molar refractivity (Wildman–Crippen MR) is 93.5 cm³/mol. The van der Waals surface area contributed by atoms with Gasteiger partial charge in [-0.15, -0.1) is 0 Å². The molecule has 1 fully saturated rings. The molecule has 6 heteroatoms. The van der Waals surface area contributed by atoms with E-state index in [1.54, 1.807) is 4.90 Å². The zero-order valence-electron chi connectivity index (χ0n) is 15.2. The molecule has 2 amide bonds. The van der Waals surface area contributed by atoms with Crippen molar-refractivity contribution in [3.8, 4) is 11.5 Å². The third-order valence-corrected chi connectivity index (χ3v) is 5.11. The van der Waals surface area contributed by atoms with Crippen LogP contribution in [0, 0.1) is 5.92 Å². The van der Waals surface area contributed by atoms with E-state index >= 15 is 0 Å². The van der Waals surface area contributed by atoms with Crippen molar-refractivity contribution >= 4 is 11.8 Å². The number of carbonyl (C=O) groups excluding carboxylic acids is 2. The Labute approximate surface area is 148 Å². The van der Waals surface area contributed by atoms with Gasteiger partial charge in [0.15, 0.2) is 11.5 Å². The Morgan fingerprint density at radius 2 is 1.88 bits per heavy atom. The van der Waals surface area contributed by atoms with Crippen molar-refractivity contribution in [2.45, 2.75) is 39.2 Å². The summed E-state index contributed by atoms with van der Waals surface area (Å²) in [6, 6.07) is 5.82. The molecule has 136 valence electrons. The van der Waals surface area contributed by atoms with Crippen LogP contribution in [0.2, 0.25) is 0 Å². The van der Waals surface area contributed by atoms with Gasteiger partial charge in [0.25, 0.3) is 0 Å². The number of amides is 2. The lowest BCUT2D eigenvalue weighted by Gasteiger charge is -2.34. The van der Waals surface area contributed by atoms with Crippen molar-refractivity contribution < 1.29 is 19.1 Å². The number of likely N-dealkylation sites (tertiary alicyclic amines) is 1. The second-order valence-corrected chi connectivity index (χ2v) is 7.06. The molecule has 0 saturated carbocycles. The first-order chi connectivity index (χ1) is 12.0. The summed E-state index contributed by atoms with van der Waals surface area (Å²) < 4.78 is 10.7. The fourth-order valence-electron chi connectivity index (χ4n) is 3.26. The molecular weight excluding hydrogens is 320 g/mol. The fourth-order valence-corrected chi connectivity index (χ4v) is 3.26. The summed E-state index contributed by atoms with van der Waals surface area (Å²) in [5.74, 6) is 1.75. The summed E-state index contributed by atoms with van der Waals surface area (Å²) >= 11 is 0. The monoisotopic (exact) mass is 346 g/mol. The van der Waals surface area contributed by atoms with Crippen LogP contribution in [0.5, 0.6) is 11.5 Å². The lowest BCUT2D eigenvalue weighted by atomic mass is 9.94. The summed E-state index contributed by atoms with van der Waals surface area (Å²) in [6.07, 6.45) is 1.83. The molecule has 0 aliphatic carbocycles. The molecule has 0 spiro atoms. The Balaban J connectivity index is 1.52. The first-order valence-corrected chi connectivity index (χ1v) is 8.88. The highest BCUT2D eigenvalue weighted by Gasteiger charge is 2.29. The van der Waals surface area contributed by atoms with E-state index in [1.807, 2.05) is 44.0 Å². The van der Waals surface area contributed by atoms with Crippen LogP contribution in [0.4, 0.5) is 0 Å². The van der Waals surface area contributed by atoms with Crippen molar-refractivity contribution in [1.29, 1.82) is 0 Å². The highest BCUT2D eigenvalue weighted by Crippen LogP contribution is 2.32. The lowest BCUT2D eigenvalue weighted by molar-refractivity contribution is -0.140. The molecule has 1 aromatic rings. The minimum atomic E-state index is 0.0296. The Morgan fingerprint density at radius 1 is 1.20 bits per heavy atom. The van der Waals surface area contributed by atoms with Gasteiger partial charge in [-0.2, -0.15) is 0 Å². The Bertz CT molecular complexity index is 651. The van der Waals surface area contributed by atoms with Crippen LogP contribution in [0.3, 0.4) is 0 Å². The van der Waals surface area contributed by atoms with Gasteiger partial charge in [0.05, 0.1) is 6.42 Å². The highest BCUT2D eigenvalue weighted by atomic mass is 16.7. The molecule has 6 nitrogen and oxygen atoms in total. The SMILES string of the molecule is CC(C)N(C)C(=O)C1CCN(C(=O)Cc2ccc3c(c2)OCO3)CC1. The van der Waals surface area contributed by atoms with E-state index in [0.717, 1.165) is 24.2 Å². The molecule has 1 aromatic carbocycles. The lowest BCUT2D eigenvalue weighted by Crippen LogP contribution is -2.45. The molecule has 0 aromatic heterocycles. The topological polar surface area (TPSA) is 59.1 Å². The molecule has 0 N–H and O–H groups in total.